The Morgan fingerprint density at radius 3 is 2.38 bits per heavy atom. The van der Waals surface area contributed by atoms with E-state index in [0.29, 0.717) is 5.56 Å². The van der Waals surface area contributed by atoms with Gasteiger partial charge in [0.2, 0.25) is 0 Å². The summed E-state index contributed by atoms with van der Waals surface area (Å²) >= 11 is 5.72. The molecular formula is C25H25ClO8. The molecule has 2 aliphatic heterocycles. The molecule has 4 rings (SSSR count). The van der Waals surface area contributed by atoms with Crippen LogP contribution in [0.2, 0.25) is 0 Å². The Balaban J connectivity index is 1.63. The molecule has 0 amide bonds. The lowest BCUT2D eigenvalue weighted by molar-refractivity contribution is -0.359. The van der Waals surface area contributed by atoms with Crippen molar-refractivity contribution >= 4 is 23.5 Å². The highest BCUT2D eigenvalue weighted by atomic mass is 35.5. The molecule has 9 heteroatoms. The van der Waals surface area contributed by atoms with Crippen LogP contribution in [0.15, 0.2) is 73.3 Å². The third kappa shape index (κ3) is 5.65. The Bertz CT molecular complexity index is 969. The Labute approximate surface area is 202 Å². The van der Waals surface area contributed by atoms with Gasteiger partial charge >= 0.3 is 11.9 Å². The number of halogens is 1. The normalized spacial score (nSPS) is 28.4. The molecule has 0 spiro atoms. The Morgan fingerprint density at radius 1 is 1.00 bits per heavy atom. The van der Waals surface area contributed by atoms with Gasteiger partial charge in [-0.15, -0.1) is 18.2 Å². The highest BCUT2D eigenvalue weighted by Gasteiger charge is 2.54. The molecule has 2 aromatic carbocycles. The number of carbonyl (C=O) groups excluding carboxylic acids is 2. The van der Waals surface area contributed by atoms with Gasteiger partial charge in [0.25, 0.3) is 0 Å². The maximum absolute atomic E-state index is 12.9. The molecule has 0 N–H and O–H groups in total. The van der Waals surface area contributed by atoms with E-state index in [1.165, 1.54) is 6.08 Å². The summed E-state index contributed by atoms with van der Waals surface area (Å²) in [5, 5.41) is 0. The highest BCUT2D eigenvalue weighted by Crippen LogP contribution is 2.37. The van der Waals surface area contributed by atoms with E-state index in [0.717, 1.165) is 5.56 Å². The summed E-state index contributed by atoms with van der Waals surface area (Å²) in [5.41, 5.74) is 1.11. The molecule has 180 valence electrons. The molecular weight excluding hydrogens is 464 g/mol. The van der Waals surface area contributed by atoms with E-state index in [2.05, 4.69) is 6.58 Å². The number of benzene rings is 2. The van der Waals surface area contributed by atoms with E-state index in [-0.39, 0.29) is 19.1 Å². The molecule has 0 saturated carbocycles. The maximum atomic E-state index is 12.9. The van der Waals surface area contributed by atoms with Gasteiger partial charge in [-0.05, 0) is 12.1 Å². The second-order valence-corrected chi connectivity index (χ2v) is 7.93. The molecule has 2 fully saturated rings. The third-order valence-electron chi connectivity index (χ3n) is 5.36. The van der Waals surface area contributed by atoms with E-state index >= 15 is 0 Å². The Morgan fingerprint density at radius 2 is 1.71 bits per heavy atom. The number of hydrogen-bond acceptors (Lipinski definition) is 8. The van der Waals surface area contributed by atoms with Crippen LogP contribution in [-0.2, 0) is 33.2 Å². The van der Waals surface area contributed by atoms with Gasteiger partial charge < -0.3 is 28.4 Å². The zero-order valence-electron chi connectivity index (χ0n) is 18.3. The first-order valence-corrected chi connectivity index (χ1v) is 11.4. The lowest BCUT2D eigenvalue weighted by Gasteiger charge is -2.48. The van der Waals surface area contributed by atoms with Crippen LogP contribution in [0.1, 0.15) is 22.2 Å². The fourth-order valence-electron chi connectivity index (χ4n) is 3.83. The van der Waals surface area contributed by atoms with Crippen molar-refractivity contribution in [1.29, 1.82) is 0 Å². The second kappa shape index (κ2) is 11.6. The first-order valence-electron chi connectivity index (χ1n) is 10.8. The van der Waals surface area contributed by atoms with Gasteiger partial charge in [0.1, 0.15) is 18.1 Å². The maximum Gasteiger partial charge on any atom is 0.338 e. The molecule has 0 aromatic heterocycles. The molecule has 2 heterocycles. The van der Waals surface area contributed by atoms with Crippen molar-refractivity contribution in [1.82, 2.24) is 0 Å². The first kappa shape index (κ1) is 24.4. The van der Waals surface area contributed by atoms with Crippen molar-refractivity contribution in [3.8, 4) is 0 Å². The van der Waals surface area contributed by atoms with Crippen molar-refractivity contribution in [2.45, 2.75) is 37.0 Å². The summed E-state index contributed by atoms with van der Waals surface area (Å²) in [7, 11) is 0. The quantitative estimate of drug-likeness (QED) is 0.317. The van der Waals surface area contributed by atoms with Crippen molar-refractivity contribution in [3.05, 3.63) is 84.4 Å². The van der Waals surface area contributed by atoms with Crippen LogP contribution in [0.5, 0.6) is 0 Å². The summed E-state index contributed by atoms with van der Waals surface area (Å²) in [6.45, 7) is 3.91. The van der Waals surface area contributed by atoms with Gasteiger partial charge in [-0.1, -0.05) is 54.6 Å². The standard InChI is InChI=1S/C25H25ClO8/c1-2-13-29-25-22(33-23(28)16-9-5-3-6-10-16)21(32-19(27)14-26)20-18(31-25)15-30-24(34-20)17-11-7-4-8-12-17/h2-12,18,20-22,24-25H,1,13-15H2/t18-,20-,21+,22-,24-,25+/m1/s1. The summed E-state index contributed by atoms with van der Waals surface area (Å²) in [5.74, 6) is -1.70. The fraction of sp³-hybridized carbons (Fsp3) is 0.360. The zero-order chi connectivity index (χ0) is 23.9. The highest BCUT2D eigenvalue weighted by molar-refractivity contribution is 6.26. The van der Waals surface area contributed by atoms with Crippen LogP contribution in [0.3, 0.4) is 0 Å². The predicted molar refractivity (Wildman–Crippen MR) is 121 cm³/mol. The summed E-state index contributed by atoms with van der Waals surface area (Å²) in [6.07, 6.45) is -3.87. The number of hydrogen-bond donors (Lipinski definition) is 0. The first-order chi connectivity index (χ1) is 16.6. The minimum absolute atomic E-state index is 0.117. The molecule has 2 saturated heterocycles. The Kier molecular flexibility index (Phi) is 8.31. The van der Waals surface area contributed by atoms with Gasteiger partial charge in [0.05, 0.1) is 18.8 Å². The van der Waals surface area contributed by atoms with Crippen molar-refractivity contribution in [2.75, 3.05) is 19.1 Å². The number of ether oxygens (including phenoxy) is 6. The van der Waals surface area contributed by atoms with E-state index in [1.807, 2.05) is 30.3 Å². The van der Waals surface area contributed by atoms with Crippen molar-refractivity contribution in [3.63, 3.8) is 0 Å². The minimum atomic E-state index is -1.13. The average molecular weight is 489 g/mol. The molecule has 6 atom stereocenters. The van der Waals surface area contributed by atoms with E-state index in [1.54, 1.807) is 30.3 Å². The van der Waals surface area contributed by atoms with Crippen LogP contribution in [0.25, 0.3) is 0 Å². The third-order valence-corrected chi connectivity index (χ3v) is 5.58. The van der Waals surface area contributed by atoms with Crippen LogP contribution in [0.4, 0.5) is 0 Å². The average Bonchev–Trinajstić information content (AvgIpc) is 2.89. The van der Waals surface area contributed by atoms with Gasteiger partial charge in [-0.2, -0.15) is 0 Å². The van der Waals surface area contributed by atoms with Crippen LogP contribution in [-0.4, -0.2) is 61.7 Å². The molecule has 8 nitrogen and oxygen atoms in total. The Hall–Kier alpha value is -2.75. The molecule has 0 bridgehead atoms. The number of esters is 2. The van der Waals surface area contributed by atoms with Gasteiger partial charge in [0, 0.05) is 5.56 Å². The lowest BCUT2D eigenvalue weighted by Crippen LogP contribution is -2.64. The van der Waals surface area contributed by atoms with Crippen LogP contribution < -0.4 is 0 Å². The molecule has 0 unspecified atom stereocenters. The predicted octanol–water partition coefficient (Wildman–Crippen LogP) is 3.40. The summed E-state index contributed by atoms with van der Waals surface area (Å²) < 4.78 is 35.2. The van der Waals surface area contributed by atoms with Crippen LogP contribution in [0, 0.1) is 0 Å². The summed E-state index contributed by atoms with van der Waals surface area (Å²) in [4.78, 5) is 25.1. The topological polar surface area (TPSA) is 89.5 Å². The second-order valence-electron chi connectivity index (χ2n) is 7.67. The zero-order valence-corrected chi connectivity index (χ0v) is 19.0. The fourth-order valence-corrected chi connectivity index (χ4v) is 3.89. The largest absolute Gasteiger partial charge is 0.454 e. The van der Waals surface area contributed by atoms with E-state index in [4.69, 9.17) is 40.0 Å². The summed E-state index contributed by atoms with van der Waals surface area (Å²) in [6, 6.07) is 17.8. The molecule has 34 heavy (non-hydrogen) atoms. The SMILES string of the molecule is C=CCO[C@H]1O[C@@H]2CO[C@@H](c3ccccc3)O[C@H]2[C@H](OC(=O)CCl)[C@H]1OC(=O)c1ccccc1. The van der Waals surface area contributed by atoms with Gasteiger partial charge in [0.15, 0.2) is 24.8 Å². The minimum Gasteiger partial charge on any atom is -0.454 e. The van der Waals surface area contributed by atoms with E-state index < -0.39 is 48.9 Å². The molecule has 0 radical (unpaired) electrons. The molecule has 2 aromatic rings. The number of alkyl halides is 1. The molecule has 2 aliphatic rings. The van der Waals surface area contributed by atoms with Crippen molar-refractivity contribution < 1.29 is 38.0 Å². The number of rotatable bonds is 8. The monoisotopic (exact) mass is 488 g/mol. The van der Waals surface area contributed by atoms with E-state index in [9.17, 15) is 9.59 Å². The van der Waals surface area contributed by atoms with Gasteiger partial charge in [-0.3, -0.25) is 4.79 Å². The van der Waals surface area contributed by atoms with Crippen LogP contribution >= 0.6 is 11.6 Å². The number of fused-ring (bicyclic) bond motifs is 1. The molecule has 0 aliphatic carbocycles. The van der Waals surface area contributed by atoms with Crippen molar-refractivity contribution in [2.24, 2.45) is 0 Å². The van der Waals surface area contributed by atoms with Gasteiger partial charge in [-0.25, -0.2) is 4.79 Å². The lowest BCUT2D eigenvalue weighted by atomic mass is 9.97. The smallest absolute Gasteiger partial charge is 0.338 e. The number of carbonyl (C=O) groups is 2.